The van der Waals surface area contributed by atoms with Crippen LogP contribution in [0.2, 0.25) is 0 Å². The molecule has 0 saturated heterocycles. The van der Waals surface area contributed by atoms with Gasteiger partial charge in [-0.1, -0.05) is 30.3 Å². The van der Waals surface area contributed by atoms with Crippen LogP contribution in [0.4, 0.5) is 0 Å². The summed E-state index contributed by atoms with van der Waals surface area (Å²) in [6.07, 6.45) is 0.561. The third-order valence-electron chi connectivity index (χ3n) is 3.14. The van der Waals surface area contributed by atoms with Gasteiger partial charge in [-0.3, -0.25) is 4.79 Å². The van der Waals surface area contributed by atoms with E-state index in [1.807, 2.05) is 36.4 Å². The van der Waals surface area contributed by atoms with E-state index in [1.165, 1.54) is 16.9 Å². The molecule has 3 aromatic rings. The molecule has 6 nitrogen and oxygen atoms in total. The van der Waals surface area contributed by atoms with Crippen LogP contribution >= 0.6 is 0 Å². The first kappa shape index (κ1) is 13.5. The molecule has 0 amide bonds. The molecule has 1 N–H and O–H groups in total. The number of nitriles is 1. The first-order valence-electron chi connectivity index (χ1n) is 6.44. The molecule has 0 saturated carbocycles. The number of aromatic hydroxyl groups is 1. The van der Waals surface area contributed by atoms with Crippen molar-refractivity contribution < 1.29 is 9.90 Å². The quantitative estimate of drug-likeness (QED) is 0.747. The summed E-state index contributed by atoms with van der Waals surface area (Å²) >= 11 is 0. The number of aromatic nitrogens is 3. The Labute approximate surface area is 125 Å². The van der Waals surface area contributed by atoms with Crippen LogP contribution in [0.15, 0.2) is 48.5 Å². The summed E-state index contributed by atoms with van der Waals surface area (Å²) in [6.45, 7) is 0. The lowest BCUT2D eigenvalue weighted by molar-refractivity contribution is 0.112. The normalized spacial score (nSPS) is 10.1. The summed E-state index contributed by atoms with van der Waals surface area (Å²) in [5.74, 6) is -0.162. The SMILES string of the molecule is N#Cc1nn(-c2ccc(C=O)c(O)c2)nc1-c1ccccc1. The minimum absolute atomic E-state index is 0.162. The summed E-state index contributed by atoms with van der Waals surface area (Å²) in [5.41, 5.74) is 2.06. The number of hydrogen-bond acceptors (Lipinski definition) is 5. The third kappa shape index (κ3) is 2.31. The van der Waals surface area contributed by atoms with E-state index in [9.17, 15) is 15.2 Å². The largest absolute Gasteiger partial charge is 0.507 e. The topological polar surface area (TPSA) is 91.8 Å². The lowest BCUT2D eigenvalue weighted by Gasteiger charge is -2.02. The maximum Gasteiger partial charge on any atom is 0.191 e. The Bertz CT molecular complexity index is 879. The van der Waals surface area contributed by atoms with Gasteiger partial charge in [0.1, 0.15) is 17.5 Å². The monoisotopic (exact) mass is 290 g/mol. The average Bonchev–Trinajstić information content (AvgIpc) is 3.00. The Balaban J connectivity index is 2.10. The molecule has 22 heavy (non-hydrogen) atoms. The number of benzene rings is 2. The zero-order chi connectivity index (χ0) is 15.5. The summed E-state index contributed by atoms with van der Waals surface area (Å²) in [7, 11) is 0. The molecule has 3 rings (SSSR count). The van der Waals surface area contributed by atoms with Crippen LogP contribution in [-0.4, -0.2) is 26.4 Å². The van der Waals surface area contributed by atoms with Gasteiger partial charge in [0, 0.05) is 11.6 Å². The van der Waals surface area contributed by atoms with Gasteiger partial charge in [0.05, 0.1) is 11.3 Å². The molecule has 0 unspecified atom stereocenters. The lowest BCUT2D eigenvalue weighted by Crippen LogP contribution is -1.99. The van der Waals surface area contributed by atoms with Crippen molar-refractivity contribution in [3.8, 4) is 28.8 Å². The van der Waals surface area contributed by atoms with Crippen LogP contribution in [0.5, 0.6) is 5.75 Å². The minimum Gasteiger partial charge on any atom is -0.507 e. The van der Waals surface area contributed by atoms with Crippen LogP contribution in [0, 0.1) is 11.3 Å². The van der Waals surface area contributed by atoms with Crippen molar-refractivity contribution >= 4 is 6.29 Å². The van der Waals surface area contributed by atoms with Gasteiger partial charge in [0.2, 0.25) is 0 Å². The highest BCUT2D eigenvalue weighted by Gasteiger charge is 2.14. The van der Waals surface area contributed by atoms with E-state index >= 15 is 0 Å². The van der Waals surface area contributed by atoms with Crippen molar-refractivity contribution in [2.75, 3.05) is 0 Å². The van der Waals surface area contributed by atoms with Gasteiger partial charge < -0.3 is 5.11 Å². The highest BCUT2D eigenvalue weighted by Crippen LogP contribution is 2.23. The fraction of sp³-hybridized carbons (Fsp3) is 0. The maximum atomic E-state index is 10.7. The molecule has 0 aliphatic heterocycles. The Morgan fingerprint density at radius 1 is 1.14 bits per heavy atom. The number of aldehydes is 1. The molecule has 0 atom stereocenters. The predicted octanol–water partition coefficient (Wildman–Crippen LogP) is 2.32. The van der Waals surface area contributed by atoms with E-state index < -0.39 is 0 Å². The number of rotatable bonds is 3. The third-order valence-corrected chi connectivity index (χ3v) is 3.14. The van der Waals surface area contributed by atoms with Crippen LogP contribution in [0.25, 0.3) is 16.9 Å². The zero-order valence-electron chi connectivity index (χ0n) is 11.3. The van der Waals surface area contributed by atoms with Crippen LogP contribution in [0.3, 0.4) is 0 Å². The average molecular weight is 290 g/mol. The molecule has 0 aliphatic rings. The summed E-state index contributed by atoms with van der Waals surface area (Å²) in [5, 5.41) is 27.4. The summed E-state index contributed by atoms with van der Waals surface area (Å²) < 4.78 is 0. The molecule has 0 aliphatic carbocycles. The molecule has 0 fully saturated rings. The highest BCUT2D eigenvalue weighted by atomic mass is 16.3. The van der Waals surface area contributed by atoms with Crippen molar-refractivity contribution in [1.29, 1.82) is 5.26 Å². The number of carbonyl (C=O) groups excluding carboxylic acids is 1. The molecular weight excluding hydrogens is 280 g/mol. The number of carbonyl (C=O) groups is 1. The molecule has 0 bridgehead atoms. The van der Waals surface area contributed by atoms with E-state index in [1.54, 1.807) is 6.07 Å². The molecular formula is C16H10N4O2. The number of phenols is 1. The van der Waals surface area contributed by atoms with E-state index in [0.717, 1.165) is 5.56 Å². The highest BCUT2D eigenvalue weighted by molar-refractivity contribution is 5.79. The van der Waals surface area contributed by atoms with Gasteiger partial charge in [-0.25, -0.2) is 0 Å². The van der Waals surface area contributed by atoms with Gasteiger partial charge >= 0.3 is 0 Å². The van der Waals surface area contributed by atoms with Gasteiger partial charge in [-0.15, -0.1) is 15.0 Å². The van der Waals surface area contributed by atoms with Crippen molar-refractivity contribution in [3.63, 3.8) is 0 Å². The van der Waals surface area contributed by atoms with Gasteiger partial charge in [-0.2, -0.15) is 5.26 Å². The van der Waals surface area contributed by atoms with Crippen molar-refractivity contribution in [3.05, 3.63) is 59.8 Å². The van der Waals surface area contributed by atoms with Crippen molar-refractivity contribution in [2.45, 2.75) is 0 Å². The van der Waals surface area contributed by atoms with E-state index in [0.29, 0.717) is 17.7 Å². The second-order valence-corrected chi connectivity index (χ2v) is 4.53. The van der Waals surface area contributed by atoms with Gasteiger partial charge in [-0.05, 0) is 12.1 Å². The maximum absolute atomic E-state index is 10.7. The number of hydrogen-bond donors (Lipinski definition) is 1. The Kier molecular flexibility index (Phi) is 3.38. The first-order valence-corrected chi connectivity index (χ1v) is 6.44. The van der Waals surface area contributed by atoms with Crippen molar-refractivity contribution in [1.82, 2.24) is 15.0 Å². The van der Waals surface area contributed by atoms with Crippen LogP contribution in [-0.2, 0) is 0 Å². The second kappa shape index (κ2) is 5.50. The van der Waals surface area contributed by atoms with E-state index in [2.05, 4.69) is 10.2 Å². The molecule has 0 radical (unpaired) electrons. The lowest BCUT2D eigenvalue weighted by atomic mass is 10.1. The van der Waals surface area contributed by atoms with Crippen LogP contribution < -0.4 is 0 Å². The smallest absolute Gasteiger partial charge is 0.191 e. The molecule has 2 aromatic carbocycles. The minimum atomic E-state index is -0.162. The standard InChI is InChI=1S/C16H10N4O2/c17-9-14-16(11-4-2-1-3-5-11)19-20(18-14)13-7-6-12(10-21)15(22)8-13/h1-8,10,22H. The Morgan fingerprint density at radius 2 is 1.91 bits per heavy atom. The first-order chi connectivity index (χ1) is 10.7. The second-order valence-electron chi connectivity index (χ2n) is 4.53. The molecule has 1 aromatic heterocycles. The number of phenolic OH excluding ortho intramolecular Hbond substituents is 1. The Hall–Kier alpha value is -3.46. The molecule has 106 valence electrons. The van der Waals surface area contributed by atoms with E-state index in [-0.39, 0.29) is 17.0 Å². The van der Waals surface area contributed by atoms with Gasteiger partial charge in [0.25, 0.3) is 0 Å². The molecule has 1 heterocycles. The van der Waals surface area contributed by atoms with Gasteiger partial charge in [0.15, 0.2) is 12.0 Å². The predicted molar refractivity (Wildman–Crippen MR) is 78.6 cm³/mol. The summed E-state index contributed by atoms with van der Waals surface area (Å²) in [4.78, 5) is 12.0. The fourth-order valence-electron chi connectivity index (χ4n) is 2.04. The van der Waals surface area contributed by atoms with Crippen LogP contribution in [0.1, 0.15) is 16.1 Å². The zero-order valence-corrected chi connectivity index (χ0v) is 11.3. The molecule has 0 spiro atoms. The molecule has 6 heteroatoms. The number of nitrogens with zero attached hydrogens (tertiary/aromatic N) is 4. The van der Waals surface area contributed by atoms with Crippen molar-refractivity contribution in [2.24, 2.45) is 0 Å². The summed E-state index contributed by atoms with van der Waals surface area (Å²) in [6, 6.07) is 15.7. The fourth-order valence-corrected chi connectivity index (χ4v) is 2.04. The Morgan fingerprint density at radius 3 is 2.55 bits per heavy atom. The van der Waals surface area contributed by atoms with E-state index in [4.69, 9.17) is 0 Å².